The number of unbranched alkanes of at least 4 members (excludes halogenated alkanes) is 2. The minimum absolute atomic E-state index is 0.0275. The van der Waals surface area contributed by atoms with Crippen molar-refractivity contribution < 1.29 is 9.53 Å². The van der Waals surface area contributed by atoms with Crippen LogP contribution >= 0.6 is 0 Å². The SMILES string of the molecule is CC/C=C\CCCCC(=O)OC1CCC2(C)C(=CCC3C2CCC2(C)C(C(C)CCC(C)C(C)C)CCC32)C1. The lowest BCUT2D eigenvalue weighted by atomic mass is 9.47. The topological polar surface area (TPSA) is 26.3 Å². The molecular formula is C37H62O2. The molecule has 0 aliphatic heterocycles. The monoisotopic (exact) mass is 538 g/mol. The van der Waals surface area contributed by atoms with E-state index in [0.717, 1.165) is 80.0 Å². The van der Waals surface area contributed by atoms with Crippen LogP contribution in [0.15, 0.2) is 23.8 Å². The number of ether oxygens (including phenoxy) is 1. The third kappa shape index (κ3) is 6.72. The minimum atomic E-state index is 0.0275. The smallest absolute Gasteiger partial charge is 0.306 e. The Balaban J connectivity index is 1.33. The van der Waals surface area contributed by atoms with Crippen LogP contribution in [-0.4, -0.2) is 12.1 Å². The molecule has 4 rings (SSSR count). The van der Waals surface area contributed by atoms with Crippen molar-refractivity contribution in [3.63, 3.8) is 0 Å². The van der Waals surface area contributed by atoms with Crippen molar-refractivity contribution in [1.82, 2.24) is 0 Å². The standard InChI is InChI=1S/C37H62O2/c1-8-9-10-11-12-13-14-35(38)39-30-21-23-36(6)29(25-30)17-18-31-33-20-19-32(37(33,7)24-22-34(31)36)28(5)16-15-27(4)26(2)3/h9-10,17,26-28,30-34H,8,11-16,18-25H2,1-7H3/b10-9-. The molecule has 4 aliphatic rings. The van der Waals surface area contributed by atoms with Gasteiger partial charge in [0.2, 0.25) is 0 Å². The van der Waals surface area contributed by atoms with Crippen molar-refractivity contribution in [1.29, 1.82) is 0 Å². The van der Waals surface area contributed by atoms with E-state index in [1.165, 1.54) is 51.4 Å². The zero-order valence-corrected chi connectivity index (χ0v) is 26.8. The fraction of sp³-hybridized carbons (Fsp3) is 0.865. The summed E-state index contributed by atoms with van der Waals surface area (Å²) in [5.41, 5.74) is 2.50. The lowest BCUT2D eigenvalue weighted by Crippen LogP contribution is -2.51. The Hall–Kier alpha value is -1.05. The first-order chi connectivity index (χ1) is 18.6. The number of esters is 1. The molecule has 4 aliphatic carbocycles. The second kappa shape index (κ2) is 13.3. The van der Waals surface area contributed by atoms with Gasteiger partial charge >= 0.3 is 5.97 Å². The number of fused-ring (bicyclic) bond motifs is 5. The average Bonchev–Trinajstić information content (AvgIpc) is 3.26. The summed E-state index contributed by atoms with van der Waals surface area (Å²) in [5.74, 6) is 6.06. The fourth-order valence-corrected chi connectivity index (χ4v) is 9.82. The molecule has 0 radical (unpaired) electrons. The van der Waals surface area contributed by atoms with Crippen LogP contribution in [0.5, 0.6) is 0 Å². The highest BCUT2D eigenvalue weighted by atomic mass is 16.5. The Labute approximate surface area is 242 Å². The Kier molecular flexibility index (Phi) is 10.5. The van der Waals surface area contributed by atoms with Gasteiger partial charge < -0.3 is 4.74 Å². The summed E-state index contributed by atoms with van der Waals surface area (Å²) in [6.07, 6.45) is 25.1. The van der Waals surface area contributed by atoms with Gasteiger partial charge in [-0.15, -0.1) is 0 Å². The van der Waals surface area contributed by atoms with E-state index in [9.17, 15) is 4.79 Å². The maximum atomic E-state index is 12.6. The molecule has 2 nitrogen and oxygen atoms in total. The quantitative estimate of drug-likeness (QED) is 0.140. The molecule has 222 valence electrons. The van der Waals surface area contributed by atoms with Gasteiger partial charge in [0.15, 0.2) is 0 Å². The predicted molar refractivity (Wildman–Crippen MR) is 165 cm³/mol. The minimum Gasteiger partial charge on any atom is -0.462 e. The van der Waals surface area contributed by atoms with Crippen LogP contribution < -0.4 is 0 Å². The normalized spacial score (nSPS) is 37.6. The van der Waals surface area contributed by atoms with Crippen molar-refractivity contribution in [2.75, 3.05) is 0 Å². The number of allylic oxidation sites excluding steroid dienone is 3. The first-order valence-corrected chi connectivity index (χ1v) is 17.1. The van der Waals surface area contributed by atoms with Crippen molar-refractivity contribution >= 4 is 5.97 Å². The predicted octanol–water partition coefficient (Wildman–Crippen LogP) is 10.7. The van der Waals surface area contributed by atoms with Crippen molar-refractivity contribution in [3.8, 4) is 0 Å². The van der Waals surface area contributed by atoms with Crippen molar-refractivity contribution in [2.24, 2.45) is 52.3 Å². The van der Waals surface area contributed by atoms with E-state index < -0.39 is 0 Å². The molecule has 0 spiro atoms. The molecule has 0 aromatic heterocycles. The van der Waals surface area contributed by atoms with E-state index in [1.807, 2.05) is 0 Å². The van der Waals surface area contributed by atoms with Gasteiger partial charge in [-0.3, -0.25) is 4.79 Å². The summed E-state index contributed by atoms with van der Waals surface area (Å²) in [6.45, 7) is 17.3. The zero-order valence-electron chi connectivity index (χ0n) is 26.8. The third-order valence-corrected chi connectivity index (χ3v) is 12.7. The number of carbonyl (C=O) groups excluding carboxylic acids is 1. The third-order valence-electron chi connectivity index (χ3n) is 12.7. The average molecular weight is 539 g/mol. The van der Waals surface area contributed by atoms with Crippen LogP contribution in [0.1, 0.15) is 145 Å². The molecule has 0 heterocycles. The Morgan fingerprint density at radius 1 is 1.00 bits per heavy atom. The largest absolute Gasteiger partial charge is 0.462 e. The molecule has 3 fully saturated rings. The van der Waals surface area contributed by atoms with Gasteiger partial charge in [-0.1, -0.05) is 85.1 Å². The highest BCUT2D eigenvalue weighted by Gasteiger charge is 2.59. The summed E-state index contributed by atoms with van der Waals surface area (Å²) in [5, 5.41) is 0. The molecule has 0 amide bonds. The van der Waals surface area contributed by atoms with Crippen molar-refractivity contribution in [3.05, 3.63) is 23.8 Å². The zero-order chi connectivity index (χ0) is 28.2. The van der Waals surface area contributed by atoms with Gasteiger partial charge in [0.05, 0.1) is 0 Å². The first kappa shape index (κ1) is 30.9. The molecule has 0 saturated heterocycles. The number of rotatable bonds is 12. The van der Waals surface area contributed by atoms with Crippen molar-refractivity contribution in [2.45, 2.75) is 151 Å². The van der Waals surface area contributed by atoms with E-state index in [4.69, 9.17) is 4.74 Å². The van der Waals surface area contributed by atoms with Crippen LogP contribution in [0.25, 0.3) is 0 Å². The van der Waals surface area contributed by atoms with Crippen LogP contribution in [0.3, 0.4) is 0 Å². The molecule has 0 bridgehead atoms. The lowest BCUT2D eigenvalue weighted by Gasteiger charge is -2.58. The van der Waals surface area contributed by atoms with Crippen LogP contribution in [0, 0.1) is 52.3 Å². The van der Waals surface area contributed by atoms with Gasteiger partial charge in [0.1, 0.15) is 6.10 Å². The number of carbonyl (C=O) groups is 1. The second-order valence-corrected chi connectivity index (χ2v) is 15.2. The molecule has 9 unspecified atom stereocenters. The summed E-state index contributed by atoms with van der Waals surface area (Å²) in [4.78, 5) is 12.6. The van der Waals surface area contributed by atoms with Crippen LogP contribution in [-0.2, 0) is 9.53 Å². The second-order valence-electron chi connectivity index (χ2n) is 15.2. The van der Waals surface area contributed by atoms with Gasteiger partial charge in [-0.05, 0) is 123 Å². The summed E-state index contributed by atoms with van der Waals surface area (Å²) in [7, 11) is 0. The summed E-state index contributed by atoms with van der Waals surface area (Å²) < 4.78 is 6.03. The molecule has 39 heavy (non-hydrogen) atoms. The Morgan fingerprint density at radius 2 is 1.79 bits per heavy atom. The molecule has 2 heteroatoms. The van der Waals surface area contributed by atoms with E-state index in [-0.39, 0.29) is 12.1 Å². The highest BCUT2D eigenvalue weighted by molar-refractivity contribution is 5.69. The molecule has 9 atom stereocenters. The van der Waals surface area contributed by atoms with Crippen LogP contribution in [0.2, 0.25) is 0 Å². The number of hydrogen-bond acceptors (Lipinski definition) is 2. The van der Waals surface area contributed by atoms with E-state index in [1.54, 1.807) is 5.57 Å². The van der Waals surface area contributed by atoms with E-state index in [2.05, 4.69) is 66.7 Å². The molecular weight excluding hydrogens is 476 g/mol. The molecule has 0 aromatic carbocycles. The lowest BCUT2D eigenvalue weighted by molar-refractivity contribution is -0.151. The van der Waals surface area contributed by atoms with Gasteiger partial charge in [-0.25, -0.2) is 0 Å². The number of hydrogen-bond donors (Lipinski definition) is 0. The highest BCUT2D eigenvalue weighted by Crippen LogP contribution is 2.67. The molecule has 3 saturated carbocycles. The maximum absolute atomic E-state index is 12.6. The summed E-state index contributed by atoms with van der Waals surface area (Å²) in [6, 6.07) is 0. The Bertz CT molecular complexity index is 869. The fourth-order valence-electron chi connectivity index (χ4n) is 9.82. The first-order valence-electron chi connectivity index (χ1n) is 17.1. The van der Waals surface area contributed by atoms with Gasteiger partial charge in [0.25, 0.3) is 0 Å². The molecule has 0 aromatic rings. The van der Waals surface area contributed by atoms with E-state index in [0.29, 0.717) is 17.3 Å². The Morgan fingerprint density at radius 3 is 2.54 bits per heavy atom. The van der Waals surface area contributed by atoms with Gasteiger partial charge in [0, 0.05) is 12.8 Å². The van der Waals surface area contributed by atoms with E-state index >= 15 is 0 Å². The maximum Gasteiger partial charge on any atom is 0.306 e. The summed E-state index contributed by atoms with van der Waals surface area (Å²) >= 11 is 0. The molecule has 0 N–H and O–H groups in total. The van der Waals surface area contributed by atoms with Gasteiger partial charge in [-0.2, -0.15) is 0 Å². The van der Waals surface area contributed by atoms with Crippen LogP contribution in [0.4, 0.5) is 0 Å².